The van der Waals surface area contributed by atoms with E-state index in [1.165, 1.54) is 51.4 Å². The third kappa shape index (κ3) is 10.4. The Balaban J connectivity index is 4.70. The van der Waals surface area contributed by atoms with Crippen LogP contribution in [0.15, 0.2) is 0 Å². The quantitative estimate of drug-likeness (QED) is 0.366. The first-order valence-corrected chi connectivity index (χ1v) is 9.56. The van der Waals surface area contributed by atoms with Gasteiger partial charge in [-0.3, -0.25) is 0 Å². The van der Waals surface area contributed by atoms with Crippen molar-refractivity contribution in [3.8, 4) is 0 Å². The molecule has 1 radical (unpaired) electrons. The average Bonchev–Trinajstić information content (AvgIpc) is 2.36. The average molecular weight is 296 g/mol. The monoisotopic (exact) mass is 295 g/mol. The molecule has 0 fully saturated rings. The zero-order valence-electron chi connectivity index (χ0n) is 16.4. The molecule has 0 spiro atoms. The molecule has 127 valence electrons. The molecule has 21 heavy (non-hydrogen) atoms. The van der Waals surface area contributed by atoms with Crippen LogP contribution >= 0.6 is 0 Å². The van der Waals surface area contributed by atoms with Crippen LogP contribution in [0.5, 0.6) is 0 Å². The van der Waals surface area contributed by atoms with Gasteiger partial charge < -0.3 is 0 Å². The van der Waals surface area contributed by atoms with Crippen molar-refractivity contribution >= 4 is 0 Å². The summed E-state index contributed by atoms with van der Waals surface area (Å²) in [5.74, 6) is 4.40. The van der Waals surface area contributed by atoms with Crippen LogP contribution in [0.3, 0.4) is 0 Å². The van der Waals surface area contributed by atoms with E-state index in [2.05, 4.69) is 55.4 Å². The Bertz CT molecular complexity index is 233. The molecule has 0 aliphatic carbocycles. The van der Waals surface area contributed by atoms with E-state index >= 15 is 0 Å². The first kappa shape index (κ1) is 21.0. The SMILES string of the molecule is CCCC[C](C(C)CC)C(CCCC(C)(C)C)CC(C)C. The highest BCUT2D eigenvalue weighted by molar-refractivity contribution is 5.00. The highest BCUT2D eigenvalue weighted by atomic mass is 14.3. The number of rotatable bonds is 11. The minimum Gasteiger partial charge on any atom is -0.0654 e. The second kappa shape index (κ2) is 10.7. The Kier molecular flexibility index (Phi) is 10.7. The topological polar surface area (TPSA) is 0 Å². The molecule has 0 bridgehead atoms. The number of hydrogen-bond acceptors (Lipinski definition) is 0. The molecular formula is C21H43. The fourth-order valence-electron chi connectivity index (χ4n) is 3.40. The van der Waals surface area contributed by atoms with Gasteiger partial charge in [-0.2, -0.15) is 0 Å². The van der Waals surface area contributed by atoms with Crippen molar-refractivity contribution in [1.82, 2.24) is 0 Å². The maximum absolute atomic E-state index is 2.46. The standard InChI is InChI=1S/C21H43/c1-9-11-14-20(18(5)10-2)19(16-17(3)4)13-12-15-21(6,7)8/h17-19H,9-16H2,1-8H3. The minimum absolute atomic E-state index is 0.488. The van der Waals surface area contributed by atoms with Crippen LogP contribution in [0.2, 0.25) is 0 Å². The lowest BCUT2D eigenvalue weighted by molar-refractivity contribution is 0.290. The summed E-state index contributed by atoms with van der Waals surface area (Å²) in [6.07, 6.45) is 11.0. The largest absolute Gasteiger partial charge is 0.0654 e. The molecule has 0 aliphatic rings. The van der Waals surface area contributed by atoms with E-state index < -0.39 is 0 Å². The molecule has 0 aromatic heterocycles. The van der Waals surface area contributed by atoms with E-state index in [0.29, 0.717) is 5.41 Å². The molecule has 0 aromatic carbocycles. The highest BCUT2D eigenvalue weighted by Crippen LogP contribution is 2.38. The van der Waals surface area contributed by atoms with Gasteiger partial charge in [0.1, 0.15) is 0 Å². The minimum atomic E-state index is 0.488. The summed E-state index contributed by atoms with van der Waals surface area (Å²) in [5.41, 5.74) is 0.488. The first-order chi connectivity index (χ1) is 9.71. The zero-order chi connectivity index (χ0) is 16.5. The molecule has 0 rings (SSSR count). The van der Waals surface area contributed by atoms with E-state index in [0.717, 1.165) is 17.8 Å². The summed E-state index contributed by atoms with van der Waals surface area (Å²) in [6.45, 7) is 19.1. The number of unbranched alkanes of at least 4 members (excludes halogenated alkanes) is 1. The van der Waals surface area contributed by atoms with Crippen molar-refractivity contribution in [2.24, 2.45) is 23.2 Å². The van der Waals surface area contributed by atoms with E-state index in [4.69, 9.17) is 0 Å². The van der Waals surface area contributed by atoms with Crippen molar-refractivity contribution in [3.05, 3.63) is 5.92 Å². The lowest BCUT2D eigenvalue weighted by Crippen LogP contribution is -2.22. The molecule has 2 atom stereocenters. The smallest absolute Gasteiger partial charge is 0.0182 e. The van der Waals surface area contributed by atoms with E-state index in [9.17, 15) is 0 Å². The molecule has 0 heterocycles. The maximum atomic E-state index is 2.46. The third-order valence-electron chi connectivity index (χ3n) is 4.82. The Hall–Kier alpha value is 0. The third-order valence-corrected chi connectivity index (χ3v) is 4.82. The molecule has 0 nitrogen and oxygen atoms in total. The molecule has 2 unspecified atom stereocenters. The second-order valence-corrected chi connectivity index (χ2v) is 8.77. The van der Waals surface area contributed by atoms with Gasteiger partial charge in [-0.05, 0) is 54.8 Å². The van der Waals surface area contributed by atoms with Crippen LogP contribution in [-0.4, -0.2) is 0 Å². The predicted octanol–water partition coefficient (Wildman–Crippen LogP) is 7.68. The van der Waals surface area contributed by atoms with Gasteiger partial charge in [-0.1, -0.05) is 81.1 Å². The summed E-state index contributed by atoms with van der Waals surface area (Å²) in [7, 11) is 0. The predicted molar refractivity (Wildman–Crippen MR) is 98.5 cm³/mol. The number of hydrogen-bond donors (Lipinski definition) is 0. The summed E-state index contributed by atoms with van der Waals surface area (Å²) < 4.78 is 0. The van der Waals surface area contributed by atoms with Gasteiger partial charge in [0.25, 0.3) is 0 Å². The van der Waals surface area contributed by atoms with Crippen molar-refractivity contribution in [1.29, 1.82) is 0 Å². The van der Waals surface area contributed by atoms with Gasteiger partial charge in [0.2, 0.25) is 0 Å². The molecule has 0 amide bonds. The van der Waals surface area contributed by atoms with Crippen LogP contribution in [-0.2, 0) is 0 Å². The maximum Gasteiger partial charge on any atom is -0.0182 e. The summed E-state index contributed by atoms with van der Waals surface area (Å²) in [4.78, 5) is 0. The van der Waals surface area contributed by atoms with E-state index in [1.54, 1.807) is 0 Å². The highest BCUT2D eigenvalue weighted by Gasteiger charge is 2.26. The van der Waals surface area contributed by atoms with Crippen molar-refractivity contribution < 1.29 is 0 Å². The van der Waals surface area contributed by atoms with Crippen molar-refractivity contribution in [2.45, 2.75) is 107 Å². The Morgan fingerprint density at radius 2 is 1.57 bits per heavy atom. The lowest BCUT2D eigenvalue weighted by atomic mass is 9.72. The zero-order valence-corrected chi connectivity index (χ0v) is 16.4. The van der Waals surface area contributed by atoms with Crippen LogP contribution in [0.25, 0.3) is 0 Å². The molecular weight excluding hydrogens is 252 g/mol. The van der Waals surface area contributed by atoms with Crippen LogP contribution in [0, 0.1) is 29.1 Å². The molecule has 0 aliphatic heterocycles. The Labute approximate surface area is 136 Å². The second-order valence-electron chi connectivity index (χ2n) is 8.77. The Morgan fingerprint density at radius 1 is 0.952 bits per heavy atom. The van der Waals surface area contributed by atoms with E-state index in [-0.39, 0.29) is 0 Å². The molecule has 0 saturated carbocycles. The van der Waals surface area contributed by atoms with Gasteiger partial charge in [0.15, 0.2) is 0 Å². The summed E-state index contributed by atoms with van der Waals surface area (Å²) in [6, 6.07) is 0. The van der Waals surface area contributed by atoms with Gasteiger partial charge in [-0.15, -0.1) is 0 Å². The molecule has 0 aromatic rings. The fraction of sp³-hybridized carbons (Fsp3) is 0.952. The van der Waals surface area contributed by atoms with Gasteiger partial charge >= 0.3 is 0 Å². The molecule has 0 saturated heterocycles. The van der Waals surface area contributed by atoms with E-state index in [1.807, 2.05) is 5.92 Å². The first-order valence-electron chi connectivity index (χ1n) is 9.56. The fourth-order valence-corrected chi connectivity index (χ4v) is 3.40. The molecule has 0 N–H and O–H groups in total. The molecule has 0 heteroatoms. The summed E-state index contributed by atoms with van der Waals surface area (Å²) in [5, 5.41) is 0. The van der Waals surface area contributed by atoms with Crippen LogP contribution in [0.4, 0.5) is 0 Å². The van der Waals surface area contributed by atoms with Gasteiger partial charge in [0.05, 0.1) is 0 Å². The normalized spacial score (nSPS) is 15.7. The van der Waals surface area contributed by atoms with Crippen LogP contribution < -0.4 is 0 Å². The van der Waals surface area contributed by atoms with Gasteiger partial charge in [-0.25, -0.2) is 0 Å². The van der Waals surface area contributed by atoms with Crippen molar-refractivity contribution in [3.63, 3.8) is 0 Å². The Morgan fingerprint density at radius 3 is 2.00 bits per heavy atom. The summed E-state index contributed by atoms with van der Waals surface area (Å²) >= 11 is 0. The van der Waals surface area contributed by atoms with Crippen molar-refractivity contribution in [2.75, 3.05) is 0 Å². The van der Waals surface area contributed by atoms with Gasteiger partial charge in [0, 0.05) is 0 Å². The lowest BCUT2D eigenvalue weighted by Gasteiger charge is -2.33. The van der Waals surface area contributed by atoms with Crippen LogP contribution in [0.1, 0.15) is 107 Å².